The summed E-state index contributed by atoms with van der Waals surface area (Å²) in [5.41, 5.74) is 0.933. The molecule has 3 amide bonds. The maximum atomic E-state index is 13.5. The van der Waals surface area contributed by atoms with Gasteiger partial charge in [-0.1, -0.05) is 43.2 Å². The summed E-state index contributed by atoms with van der Waals surface area (Å²) in [5.74, 6) is -0.767. The number of amides is 3. The minimum absolute atomic E-state index is 0.126. The number of alkyl carbamates (subject to hydrolysis) is 1. The first-order chi connectivity index (χ1) is 15.1. The maximum absolute atomic E-state index is 13.5. The van der Waals surface area contributed by atoms with E-state index in [1.54, 1.807) is 20.8 Å². The van der Waals surface area contributed by atoms with E-state index >= 15 is 0 Å². The average Bonchev–Trinajstić information content (AvgIpc) is 3.53. The van der Waals surface area contributed by atoms with Crippen LogP contribution in [0.4, 0.5) is 4.79 Å². The van der Waals surface area contributed by atoms with E-state index in [4.69, 9.17) is 4.74 Å². The van der Waals surface area contributed by atoms with Crippen LogP contribution in [-0.4, -0.2) is 58.8 Å². The van der Waals surface area contributed by atoms with Crippen LogP contribution < -0.4 is 10.6 Å². The number of nitrogens with one attached hydrogen (secondary N) is 2. The van der Waals surface area contributed by atoms with Gasteiger partial charge in [0.1, 0.15) is 17.7 Å². The molecule has 1 fully saturated rings. The van der Waals surface area contributed by atoms with Gasteiger partial charge in [-0.05, 0) is 52.5 Å². The van der Waals surface area contributed by atoms with E-state index in [0.717, 1.165) is 31.2 Å². The van der Waals surface area contributed by atoms with Crippen molar-refractivity contribution < 1.29 is 24.2 Å². The van der Waals surface area contributed by atoms with Gasteiger partial charge >= 0.3 is 6.09 Å². The molecule has 0 saturated heterocycles. The fourth-order valence-corrected chi connectivity index (χ4v) is 3.45. The van der Waals surface area contributed by atoms with Gasteiger partial charge in [-0.2, -0.15) is 0 Å². The number of rotatable bonds is 10. The predicted molar refractivity (Wildman–Crippen MR) is 122 cm³/mol. The summed E-state index contributed by atoms with van der Waals surface area (Å²) in [4.78, 5) is 40.5. The van der Waals surface area contributed by atoms with Crippen LogP contribution in [0.15, 0.2) is 24.3 Å². The smallest absolute Gasteiger partial charge is 0.408 e. The van der Waals surface area contributed by atoms with Crippen LogP contribution in [0.2, 0.25) is 0 Å². The molecule has 0 spiro atoms. The lowest BCUT2D eigenvalue weighted by atomic mass is 10.0. The Morgan fingerprint density at radius 1 is 1.25 bits per heavy atom. The number of hydrogen-bond donors (Lipinski definition) is 3. The van der Waals surface area contributed by atoms with Gasteiger partial charge < -0.3 is 25.4 Å². The molecular weight excluding hydrogens is 410 g/mol. The number of carbonyl (C=O) groups excluding carboxylic acids is 3. The van der Waals surface area contributed by atoms with Crippen molar-refractivity contribution in [3.05, 3.63) is 35.4 Å². The Morgan fingerprint density at radius 2 is 1.94 bits per heavy atom. The van der Waals surface area contributed by atoms with E-state index in [2.05, 4.69) is 10.6 Å². The van der Waals surface area contributed by atoms with Crippen molar-refractivity contribution in [2.24, 2.45) is 0 Å². The van der Waals surface area contributed by atoms with Crippen LogP contribution in [-0.2, 0) is 14.3 Å². The van der Waals surface area contributed by atoms with Crippen molar-refractivity contribution in [2.75, 3.05) is 13.2 Å². The number of aryl methyl sites for hydroxylation is 1. The second-order valence-corrected chi connectivity index (χ2v) is 9.32. The molecule has 0 aliphatic heterocycles. The number of unbranched alkanes of at least 4 members (excludes halogenated alkanes) is 1. The highest BCUT2D eigenvalue weighted by Crippen LogP contribution is 2.35. The molecule has 0 heterocycles. The molecule has 1 aromatic carbocycles. The van der Waals surface area contributed by atoms with Gasteiger partial charge in [0, 0.05) is 12.6 Å². The Kier molecular flexibility index (Phi) is 9.07. The van der Waals surface area contributed by atoms with Crippen molar-refractivity contribution in [1.29, 1.82) is 0 Å². The summed E-state index contributed by atoms with van der Waals surface area (Å²) < 4.78 is 5.24. The van der Waals surface area contributed by atoms with Crippen molar-refractivity contribution in [3.63, 3.8) is 0 Å². The monoisotopic (exact) mass is 447 g/mol. The van der Waals surface area contributed by atoms with E-state index in [1.807, 2.05) is 38.1 Å². The van der Waals surface area contributed by atoms with E-state index < -0.39 is 36.3 Å². The van der Waals surface area contributed by atoms with E-state index in [-0.39, 0.29) is 11.9 Å². The van der Waals surface area contributed by atoms with Crippen LogP contribution in [0.3, 0.4) is 0 Å². The highest BCUT2D eigenvalue weighted by Gasteiger charge is 2.43. The minimum atomic E-state index is -1.21. The summed E-state index contributed by atoms with van der Waals surface area (Å²) in [7, 11) is 0. The van der Waals surface area contributed by atoms with Gasteiger partial charge in [-0.3, -0.25) is 9.59 Å². The molecule has 8 heteroatoms. The summed E-state index contributed by atoms with van der Waals surface area (Å²) in [6.07, 6.45) is 2.51. The van der Waals surface area contributed by atoms with E-state index in [0.29, 0.717) is 12.1 Å². The van der Waals surface area contributed by atoms with Gasteiger partial charge in [-0.15, -0.1) is 0 Å². The van der Waals surface area contributed by atoms with Crippen LogP contribution in [0.25, 0.3) is 0 Å². The van der Waals surface area contributed by atoms with Crippen LogP contribution in [0.5, 0.6) is 0 Å². The molecule has 1 aromatic rings. The normalized spacial score (nSPS) is 15.4. The molecular formula is C24H37N3O5. The highest BCUT2D eigenvalue weighted by atomic mass is 16.6. The van der Waals surface area contributed by atoms with Crippen LogP contribution >= 0.6 is 0 Å². The maximum Gasteiger partial charge on any atom is 0.408 e. The summed E-state index contributed by atoms with van der Waals surface area (Å²) >= 11 is 0. The Hall–Kier alpha value is -2.61. The zero-order chi connectivity index (χ0) is 23.9. The van der Waals surface area contributed by atoms with E-state index in [9.17, 15) is 19.5 Å². The number of hydrogen-bond acceptors (Lipinski definition) is 5. The molecule has 1 aliphatic carbocycles. The third-order valence-corrected chi connectivity index (χ3v) is 5.08. The number of benzene rings is 1. The molecule has 2 atom stereocenters. The molecule has 8 nitrogen and oxygen atoms in total. The predicted octanol–water partition coefficient (Wildman–Crippen LogP) is 2.83. The third kappa shape index (κ3) is 7.51. The molecule has 0 bridgehead atoms. The van der Waals surface area contributed by atoms with Crippen LogP contribution in [0.1, 0.15) is 70.5 Å². The van der Waals surface area contributed by atoms with Crippen molar-refractivity contribution in [2.45, 2.75) is 84.0 Å². The lowest BCUT2D eigenvalue weighted by molar-refractivity contribution is -0.144. The summed E-state index contributed by atoms with van der Waals surface area (Å²) in [6.45, 7) is 9.04. The zero-order valence-corrected chi connectivity index (χ0v) is 19.8. The SMILES string of the molecule is CCCCNC(=O)C(c1cccc(C)c1)N(C(=O)C(CO)NC(=O)OC(C)(C)C)C1CC1. The standard InChI is InChI=1S/C24H37N3O5/c1-6-7-13-25-21(29)20(17-10-8-9-16(2)14-17)27(18-11-12-18)22(30)19(15-28)26-23(31)32-24(3,4)5/h8-10,14,18-20,28H,6-7,11-13,15H2,1-5H3,(H,25,29)(H,26,31). The van der Waals surface area contributed by atoms with Crippen molar-refractivity contribution in [1.82, 2.24) is 15.5 Å². The molecule has 1 saturated carbocycles. The number of carbonyl (C=O) groups is 3. The lowest BCUT2D eigenvalue weighted by Gasteiger charge is -2.34. The Labute approximate surface area is 190 Å². The fourth-order valence-electron chi connectivity index (χ4n) is 3.45. The lowest BCUT2D eigenvalue weighted by Crippen LogP contribution is -2.55. The molecule has 1 aliphatic rings. The Bertz CT molecular complexity index is 801. The number of aliphatic hydroxyl groups is 1. The first-order valence-electron chi connectivity index (χ1n) is 11.3. The second kappa shape index (κ2) is 11.3. The van der Waals surface area contributed by atoms with Gasteiger partial charge in [-0.25, -0.2) is 4.79 Å². The first kappa shape index (κ1) is 25.6. The van der Waals surface area contributed by atoms with Crippen molar-refractivity contribution >= 4 is 17.9 Å². The number of nitrogens with zero attached hydrogens (tertiary/aromatic N) is 1. The Balaban J connectivity index is 2.33. The summed E-state index contributed by atoms with van der Waals surface area (Å²) in [5, 5.41) is 15.3. The molecule has 3 N–H and O–H groups in total. The quantitative estimate of drug-likeness (QED) is 0.478. The fraction of sp³-hybridized carbons (Fsp3) is 0.625. The Morgan fingerprint density at radius 3 is 2.47 bits per heavy atom. The zero-order valence-electron chi connectivity index (χ0n) is 19.8. The van der Waals surface area contributed by atoms with Crippen molar-refractivity contribution in [3.8, 4) is 0 Å². The van der Waals surface area contributed by atoms with Gasteiger partial charge in [0.15, 0.2) is 0 Å². The molecule has 178 valence electrons. The second-order valence-electron chi connectivity index (χ2n) is 9.32. The third-order valence-electron chi connectivity index (χ3n) is 5.08. The van der Waals surface area contributed by atoms with Gasteiger partial charge in [0.05, 0.1) is 6.61 Å². The van der Waals surface area contributed by atoms with Gasteiger partial charge in [0.25, 0.3) is 0 Å². The molecule has 32 heavy (non-hydrogen) atoms. The highest BCUT2D eigenvalue weighted by molar-refractivity contribution is 5.92. The summed E-state index contributed by atoms with van der Waals surface area (Å²) in [6, 6.07) is 5.33. The van der Waals surface area contributed by atoms with Crippen LogP contribution in [0, 0.1) is 6.92 Å². The average molecular weight is 448 g/mol. The largest absolute Gasteiger partial charge is 0.444 e. The minimum Gasteiger partial charge on any atom is -0.444 e. The molecule has 0 radical (unpaired) electrons. The molecule has 2 rings (SSSR count). The number of ether oxygens (including phenoxy) is 1. The molecule has 0 aromatic heterocycles. The number of aliphatic hydroxyl groups excluding tert-OH is 1. The first-order valence-corrected chi connectivity index (χ1v) is 11.3. The van der Waals surface area contributed by atoms with Gasteiger partial charge in [0.2, 0.25) is 11.8 Å². The van der Waals surface area contributed by atoms with E-state index in [1.165, 1.54) is 4.90 Å². The molecule has 2 unspecified atom stereocenters. The topological polar surface area (TPSA) is 108 Å².